The average Bonchev–Trinajstić information content (AvgIpc) is 2.37. The monoisotopic (exact) mass is 256 g/mol. The number of benzene rings is 1. The molecule has 0 aliphatic carbocycles. The molecule has 94 valence electrons. The van der Waals surface area contributed by atoms with Crippen molar-refractivity contribution in [1.29, 1.82) is 0 Å². The van der Waals surface area contributed by atoms with Crippen LogP contribution in [0.3, 0.4) is 0 Å². The Morgan fingerprint density at radius 2 is 2.18 bits per heavy atom. The highest BCUT2D eigenvalue weighted by molar-refractivity contribution is 7.80. The molecule has 0 spiro atoms. The molecule has 1 aromatic rings. The van der Waals surface area contributed by atoms with Crippen molar-refractivity contribution in [2.75, 3.05) is 12.9 Å². The van der Waals surface area contributed by atoms with Gasteiger partial charge in [-0.25, -0.2) is 0 Å². The maximum absolute atomic E-state index is 10.7. The predicted molar refractivity (Wildman–Crippen MR) is 67.8 cm³/mol. The summed E-state index contributed by atoms with van der Waals surface area (Å²) in [5.41, 5.74) is 0.837. The number of ether oxygens (including phenoxy) is 1. The van der Waals surface area contributed by atoms with Crippen molar-refractivity contribution >= 4 is 18.9 Å². The third kappa shape index (κ3) is 3.46. The topological polar surface area (TPSA) is 66.8 Å². The second-order valence-electron chi connectivity index (χ2n) is 3.64. The molecular formula is C12H16O4S. The van der Waals surface area contributed by atoms with Crippen LogP contribution in [0, 0.1) is 0 Å². The molecule has 0 amide bonds. The minimum absolute atomic E-state index is 0.360. The molecule has 2 N–H and O–H groups in total. The molecule has 0 aliphatic rings. The van der Waals surface area contributed by atoms with Gasteiger partial charge in [-0.2, -0.15) is 12.6 Å². The minimum Gasteiger partial charge on any atom is -0.496 e. The van der Waals surface area contributed by atoms with Crippen molar-refractivity contribution in [3.8, 4) is 5.75 Å². The molecule has 0 aliphatic heterocycles. The lowest BCUT2D eigenvalue weighted by Crippen LogP contribution is -2.19. The van der Waals surface area contributed by atoms with Crippen LogP contribution in [0.2, 0.25) is 0 Å². The van der Waals surface area contributed by atoms with Crippen LogP contribution in [0.15, 0.2) is 18.2 Å². The number of thiol groups is 1. The van der Waals surface area contributed by atoms with Crippen LogP contribution >= 0.6 is 12.6 Å². The Morgan fingerprint density at radius 3 is 2.71 bits per heavy atom. The molecule has 0 saturated carbocycles. The summed E-state index contributed by atoms with van der Waals surface area (Å²) in [7, 11) is 1.47. The van der Waals surface area contributed by atoms with Crippen molar-refractivity contribution in [3.63, 3.8) is 0 Å². The Hall–Kier alpha value is -1.04. The van der Waals surface area contributed by atoms with Gasteiger partial charge in [0.2, 0.25) is 0 Å². The van der Waals surface area contributed by atoms with E-state index in [0.717, 1.165) is 0 Å². The largest absolute Gasteiger partial charge is 0.496 e. The van der Waals surface area contributed by atoms with Crippen molar-refractivity contribution < 1.29 is 19.7 Å². The molecule has 0 aromatic heterocycles. The van der Waals surface area contributed by atoms with E-state index in [1.54, 1.807) is 12.1 Å². The van der Waals surface area contributed by atoms with E-state index in [1.165, 1.54) is 13.2 Å². The first kappa shape index (κ1) is 14.0. The summed E-state index contributed by atoms with van der Waals surface area (Å²) < 4.78 is 5.09. The maximum atomic E-state index is 10.7. The molecule has 4 nitrogen and oxygen atoms in total. The minimum atomic E-state index is -1.09. The van der Waals surface area contributed by atoms with Gasteiger partial charge in [0.25, 0.3) is 0 Å². The van der Waals surface area contributed by atoms with Crippen LogP contribution in [0.4, 0.5) is 0 Å². The molecule has 2 atom stereocenters. The Morgan fingerprint density at radius 1 is 1.47 bits per heavy atom. The molecule has 0 saturated heterocycles. The van der Waals surface area contributed by atoms with Gasteiger partial charge >= 0.3 is 0 Å². The van der Waals surface area contributed by atoms with Gasteiger partial charge in [-0.05, 0) is 30.4 Å². The summed E-state index contributed by atoms with van der Waals surface area (Å²) in [6.45, 7) is 0. The predicted octanol–water partition coefficient (Wildman–Crippen LogP) is 1.22. The van der Waals surface area contributed by atoms with Crippen LogP contribution in [-0.4, -0.2) is 35.5 Å². The van der Waals surface area contributed by atoms with Crippen LogP contribution in [0.5, 0.6) is 5.75 Å². The number of aldehydes is 1. The van der Waals surface area contributed by atoms with E-state index in [9.17, 15) is 15.0 Å². The SMILES string of the molecule is COc1ccc(C=O)cc1C(O)C(O)CCS. The van der Waals surface area contributed by atoms with Gasteiger partial charge in [-0.1, -0.05) is 0 Å². The second kappa shape index (κ2) is 6.64. The molecule has 17 heavy (non-hydrogen) atoms. The lowest BCUT2D eigenvalue weighted by Gasteiger charge is -2.20. The van der Waals surface area contributed by atoms with Crippen molar-refractivity contribution in [3.05, 3.63) is 29.3 Å². The van der Waals surface area contributed by atoms with Crippen LogP contribution < -0.4 is 4.74 Å². The number of methoxy groups -OCH3 is 1. The van der Waals surface area contributed by atoms with Gasteiger partial charge < -0.3 is 14.9 Å². The lowest BCUT2D eigenvalue weighted by molar-refractivity contribution is 0.0159. The second-order valence-corrected chi connectivity index (χ2v) is 4.09. The summed E-state index contributed by atoms with van der Waals surface area (Å²) in [6.07, 6.45) is -0.973. The summed E-state index contributed by atoms with van der Waals surface area (Å²) in [5.74, 6) is 0.912. The number of carbonyl (C=O) groups excluding carboxylic acids is 1. The van der Waals surface area contributed by atoms with E-state index in [1.807, 2.05) is 0 Å². The normalized spacial score (nSPS) is 14.1. The van der Waals surface area contributed by atoms with Crippen LogP contribution in [-0.2, 0) is 0 Å². The highest BCUT2D eigenvalue weighted by atomic mass is 32.1. The molecular weight excluding hydrogens is 240 g/mol. The number of hydrogen-bond donors (Lipinski definition) is 3. The van der Waals surface area contributed by atoms with Gasteiger partial charge in [-0.15, -0.1) is 0 Å². The Bertz CT molecular complexity index is 381. The molecule has 2 unspecified atom stereocenters. The Labute approximate surface area is 106 Å². The maximum Gasteiger partial charge on any atom is 0.150 e. The van der Waals surface area contributed by atoms with E-state index in [-0.39, 0.29) is 0 Å². The number of carbonyl (C=O) groups is 1. The highest BCUT2D eigenvalue weighted by Gasteiger charge is 2.21. The van der Waals surface area contributed by atoms with Crippen molar-refractivity contribution in [2.24, 2.45) is 0 Å². The number of aliphatic hydroxyl groups is 2. The summed E-state index contributed by atoms with van der Waals surface area (Å²) in [6, 6.07) is 4.70. The first-order valence-electron chi connectivity index (χ1n) is 5.24. The standard InChI is InChI=1S/C12H16O4S/c1-16-11-3-2-8(7-13)6-9(11)12(15)10(14)4-5-17/h2-3,6-7,10,12,14-15,17H,4-5H2,1H3. The van der Waals surface area contributed by atoms with E-state index in [0.29, 0.717) is 35.3 Å². The van der Waals surface area contributed by atoms with E-state index in [4.69, 9.17) is 4.74 Å². The van der Waals surface area contributed by atoms with Gasteiger partial charge in [-0.3, -0.25) is 4.79 Å². The average molecular weight is 256 g/mol. The lowest BCUT2D eigenvalue weighted by atomic mass is 9.99. The van der Waals surface area contributed by atoms with Crippen LogP contribution in [0.1, 0.15) is 28.4 Å². The molecule has 0 fully saturated rings. The number of hydrogen-bond acceptors (Lipinski definition) is 5. The summed E-state index contributed by atoms with van der Waals surface area (Å²) in [5, 5.41) is 19.7. The van der Waals surface area contributed by atoms with Crippen molar-refractivity contribution in [1.82, 2.24) is 0 Å². The number of aliphatic hydroxyl groups excluding tert-OH is 2. The van der Waals surface area contributed by atoms with Gasteiger partial charge in [0.15, 0.2) is 0 Å². The van der Waals surface area contributed by atoms with E-state index >= 15 is 0 Å². The molecule has 0 heterocycles. The molecule has 0 radical (unpaired) electrons. The fourth-order valence-corrected chi connectivity index (χ4v) is 1.82. The first-order chi connectivity index (χ1) is 8.13. The molecule has 1 rings (SSSR count). The Kier molecular flexibility index (Phi) is 5.47. The molecule has 0 bridgehead atoms. The highest BCUT2D eigenvalue weighted by Crippen LogP contribution is 2.29. The van der Waals surface area contributed by atoms with E-state index < -0.39 is 12.2 Å². The fourth-order valence-electron chi connectivity index (χ4n) is 1.55. The third-order valence-electron chi connectivity index (χ3n) is 2.50. The number of rotatable bonds is 6. The fraction of sp³-hybridized carbons (Fsp3) is 0.417. The quantitative estimate of drug-likeness (QED) is 0.529. The smallest absolute Gasteiger partial charge is 0.150 e. The van der Waals surface area contributed by atoms with Gasteiger partial charge in [0, 0.05) is 11.1 Å². The van der Waals surface area contributed by atoms with Gasteiger partial charge in [0.1, 0.15) is 18.1 Å². The molecule has 5 heteroatoms. The first-order valence-corrected chi connectivity index (χ1v) is 5.87. The zero-order valence-corrected chi connectivity index (χ0v) is 10.4. The third-order valence-corrected chi connectivity index (χ3v) is 2.76. The summed E-state index contributed by atoms with van der Waals surface area (Å²) >= 11 is 4.00. The van der Waals surface area contributed by atoms with Crippen molar-refractivity contribution in [2.45, 2.75) is 18.6 Å². The Balaban J connectivity index is 3.04. The molecule has 1 aromatic carbocycles. The van der Waals surface area contributed by atoms with E-state index in [2.05, 4.69) is 12.6 Å². The van der Waals surface area contributed by atoms with Gasteiger partial charge in [0.05, 0.1) is 13.2 Å². The van der Waals surface area contributed by atoms with Crippen LogP contribution in [0.25, 0.3) is 0 Å². The summed E-state index contributed by atoms with van der Waals surface area (Å²) in [4.78, 5) is 10.7. The zero-order chi connectivity index (χ0) is 12.8. The zero-order valence-electron chi connectivity index (χ0n) is 9.54.